The van der Waals surface area contributed by atoms with E-state index < -0.39 is 0 Å². The predicted octanol–water partition coefficient (Wildman–Crippen LogP) is 4.08. The number of unbranched alkanes of at least 4 members (excludes halogenated alkanes) is 5. The highest BCUT2D eigenvalue weighted by molar-refractivity contribution is 5.69. The molecule has 0 aromatic carbocycles. The molecule has 1 aliphatic heterocycles. The quantitative estimate of drug-likeness (QED) is 0.483. The first-order chi connectivity index (χ1) is 7.83. The summed E-state index contributed by atoms with van der Waals surface area (Å²) in [5, 5.41) is 0. The average Bonchev–Trinajstić information content (AvgIpc) is 2.49. The van der Waals surface area contributed by atoms with Crippen molar-refractivity contribution in [3.63, 3.8) is 0 Å². The van der Waals surface area contributed by atoms with Crippen molar-refractivity contribution in [1.82, 2.24) is 0 Å². The molecular weight excluding hydrogens is 200 g/mol. The zero-order chi connectivity index (χ0) is 11.6. The van der Waals surface area contributed by atoms with E-state index >= 15 is 0 Å². The van der Waals surface area contributed by atoms with Crippen LogP contribution in [0.25, 0.3) is 0 Å². The van der Waals surface area contributed by atoms with Gasteiger partial charge < -0.3 is 4.74 Å². The van der Waals surface area contributed by atoms with Gasteiger partial charge in [0.05, 0.1) is 6.61 Å². The summed E-state index contributed by atoms with van der Waals surface area (Å²) in [5.41, 5.74) is 0. The fourth-order valence-electron chi connectivity index (χ4n) is 2.34. The fourth-order valence-corrected chi connectivity index (χ4v) is 2.34. The minimum Gasteiger partial charge on any atom is -0.465 e. The zero-order valence-corrected chi connectivity index (χ0v) is 10.7. The normalized spacial score (nSPS) is 21.6. The Kier molecular flexibility index (Phi) is 7.28. The molecule has 94 valence electrons. The zero-order valence-electron chi connectivity index (χ0n) is 10.7. The molecule has 1 unspecified atom stereocenters. The number of cyclic esters (lactones) is 1. The van der Waals surface area contributed by atoms with E-state index in [4.69, 9.17) is 4.74 Å². The first kappa shape index (κ1) is 13.5. The van der Waals surface area contributed by atoms with Crippen LogP contribution in [0.5, 0.6) is 0 Å². The summed E-state index contributed by atoms with van der Waals surface area (Å²) in [6, 6.07) is 0. The van der Waals surface area contributed by atoms with Crippen LogP contribution in [0, 0.1) is 5.92 Å². The van der Waals surface area contributed by atoms with Crippen LogP contribution in [0.15, 0.2) is 0 Å². The van der Waals surface area contributed by atoms with E-state index in [1.54, 1.807) is 0 Å². The van der Waals surface area contributed by atoms with Crippen molar-refractivity contribution < 1.29 is 9.53 Å². The number of rotatable bonds is 7. The maximum atomic E-state index is 11.1. The standard InChI is InChI=1S/C14H26O2/c1-2-3-4-5-6-7-9-13-10-8-11-14(15)16-12-13/h13H,2-12H2,1H3. The van der Waals surface area contributed by atoms with Crippen LogP contribution < -0.4 is 0 Å². The average molecular weight is 226 g/mol. The highest BCUT2D eigenvalue weighted by Crippen LogP contribution is 2.21. The van der Waals surface area contributed by atoms with Crippen LogP contribution >= 0.6 is 0 Å². The van der Waals surface area contributed by atoms with Gasteiger partial charge in [-0.1, -0.05) is 45.4 Å². The van der Waals surface area contributed by atoms with Crippen molar-refractivity contribution in [1.29, 1.82) is 0 Å². The van der Waals surface area contributed by atoms with E-state index in [-0.39, 0.29) is 5.97 Å². The molecule has 0 spiro atoms. The molecule has 0 N–H and O–H groups in total. The topological polar surface area (TPSA) is 26.3 Å². The predicted molar refractivity (Wildman–Crippen MR) is 66.3 cm³/mol. The Labute approximate surface area is 99.8 Å². The highest BCUT2D eigenvalue weighted by Gasteiger charge is 2.16. The second-order valence-corrected chi connectivity index (χ2v) is 5.00. The van der Waals surface area contributed by atoms with Gasteiger partial charge in [0.25, 0.3) is 0 Å². The minimum atomic E-state index is 0.00504. The maximum absolute atomic E-state index is 11.1. The highest BCUT2D eigenvalue weighted by atomic mass is 16.5. The molecule has 0 amide bonds. The van der Waals surface area contributed by atoms with E-state index in [2.05, 4.69) is 6.92 Å². The van der Waals surface area contributed by atoms with Crippen LogP contribution in [0.1, 0.15) is 71.1 Å². The van der Waals surface area contributed by atoms with E-state index in [9.17, 15) is 4.79 Å². The van der Waals surface area contributed by atoms with Gasteiger partial charge in [-0.15, -0.1) is 0 Å². The summed E-state index contributed by atoms with van der Waals surface area (Å²) in [6.45, 7) is 2.92. The van der Waals surface area contributed by atoms with Crippen LogP contribution in [-0.4, -0.2) is 12.6 Å². The van der Waals surface area contributed by atoms with E-state index in [1.807, 2.05) is 0 Å². The van der Waals surface area contributed by atoms with Gasteiger partial charge >= 0.3 is 5.97 Å². The summed E-state index contributed by atoms with van der Waals surface area (Å²) in [4.78, 5) is 11.1. The molecule has 0 saturated carbocycles. The first-order valence-electron chi connectivity index (χ1n) is 6.98. The molecule has 0 aliphatic carbocycles. The van der Waals surface area contributed by atoms with E-state index in [1.165, 1.54) is 51.4 Å². The lowest BCUT2D eigenvalue weighted by Crippen LogP contribution is -2.09. The second kappa shape index (κ2) is 8.60. The van der Waals surface area contributed by atoms with Gasteiger partial charge in [-0.3, -0.25) is 4.79 Å². The molecule has 16 heavy (non-hydrogen) atoms. The number of esters is 1. The molecule has 1 aliphatic rings. The summed E-state index contributed by atoms with van der Waals surface area (Å²) >= 11 is 0. The first-order valence-corrected chi connectivity index (χ1v) is 6.98. The molecule has 0 aromatic heterocycles. The Balaban J connectivity index is 1.97. The Bertz CT molecular complexity index is 189. The SMILES string of the molecule is CCCCCCCCC1CCCC(=O)OC1. The number of hydrogen-bond acceptors (Lipinski definition) is 2. The van der Waals surface area contributed by atoms with Crippen molar-refractivity contribution in [2.24, 2.45) is 5.92 Å². The second-order valence-electron chi connectivity index (χ2n) is 5.00. The van der Waals surface area contributed by atoms with Crippen LogP contribution in [0.2, 0.25) is 0 Å². The number of ether oxygens (including phenoxy) is 1. The molecule has 1 saturated heterocycles. The van der Waals surface area contributed by atoms with Crippen LogP contribution in [0.4, 0.5) is 0 Å². The van der Waals surface area contributed by atoms with Gasteiger partial charge in [0.15, 0.2) is 0 Å². The Morgan fingerprint density at radius 1 is 1.19 bits per heavy atom. The molecule has 2 nitrogen and oxygen atoms in total. The molecule has 0 aromatic rings. The van der Waals surface area contributed by atoms with Crippen molar-refractivity contribution in [2.45, 2.75) is 71.1 Å². The molecular formula is C14H26O2. The molecule has 1 atom stereocenters. The molecule has 2 heteroatoms. The smallest absolute Gasteiger partial charge is 0.305 e. The molecule has 1 rings (SSSR count). The number of hydrogen-bond donors (Lipinski definition) is 0. The summed E-state index contributed by atoms with van der Waals surface area (Å²) < 4.78 is 5.17. The van der Waals surface area contributed by atoms with Gasteiger partial charge in [-0.2, -0.15) is 0 Å². The van der Waals surface area contributed by atoms with Crippen molar-refractivity contribution in [3.8, 4) is 0 Å². The molecule has 0 bridgehead atoms. The van der Waals surface area contributed by atoms with Crippen LogP contribution in [-0.2, 0) is 9.53 Å². The number of carbonyl (C=O) groups excluding carboxylic acids is 1. The lowest BCUT2D eigenvalue weighted by molar-refractivity contribution is -0.143. The Morgan fingerprint density at radius 3 is 2.75 bits per heavy atom. The van der Waals surface area contributed by atoms with Gasteiger partial charge in [-0.05, 0) is 25.2 Å². The number of carbonyl (C=O) groups is 1. The Morgan fingerprint density at radius 2 is 1.94 bits per heavy atom. The van der Waals surface area contributed by atoms with Crippen LogP contribution in [0.3, 0.4) is 0 Å². The minimum absolute atomic E-state index is 0.00504. The largest absolute Gasteiger partial charge is 0.465 e. The summed E-state index contributed by atoms with van der Waals surface area (Å²) in [6.07, 6.45) is 12.2. The van der Waals surface area contributed by atoms with Gasteiger partial charge in [0, 0.05) is 6.42 Å². The molecule has 1 heterocycles. The van der Waals surface area contributed by atoms with Gasteiger partial charge in [0.1, 0.15) is 0 Å². The third kappa shape index (κ3) is 6.14. The summed E-state index contributed by atoms with van der Waals surface area (Å²) in [5.74, 6) is 0.642. The Hall–Kier alpha value is -0.530. The lowest BCUT2D eigenvalue weighted by Gasteiger charge is -2.12. The summed E-state index contributed by atoms with van der Waals surface area (Å²) in [7, 11) is 0. The van der Waals surface area contributed by atoms with Gasteiger partial charge in [-0.25, -0.2) is 0 Å². The third-order valence-electron chi connectivity index (χ3n) is 3.44. The molecule has 0 radical (unpaired) electrons. The van der Waals surface area contributed by atoms with E-state index in [0.29, 0.717) is 18.9 Å². The maximum Gasteiger partial charge on any atom is 0.305 e. The van der Waals surface area contributed by atoms with E-state index in [0.717, 1.165) is 6.42 Å². The lowest BCUT2D eigenvalue weighted by atomic mass is 9.96. The monoisotopic (exact) mass is 226 g/mol. The third-order valence-corrected chi connectivity index (χ3v) is 3.44. The van der Waals surface area contributed by atoms with Crippen molar-refractivity contribution in [2.75, 3.05) is 6.61 Å². The van der Waals surface area contributed by atoms with Crippen molar-refractivity contribution >= 4 is 5.97 Å². The van der Waals surface area contributed by atoms with Gasteiger partial charge in [0.2, 0.25) is 0 Å². The molecule has 1 fully saturated rings. The fraction of sp³-hybridized carbons (Fsp3) is 0.929. The van der Waals surface area contributed by atoms with Crippen molar-refractivity contribution in [3.05, 3.63) is 0 Å².